The first-order chi connectivity index (χ1) is 11.3. The summed E-state index contributed by atoms with van der Waals surface area (Å²) in [5.74, 6) is -0.530. The number of carbonyl (C=O) groups is 1. The van der Waals surface area contributed by atoms with E-state index in [1.807, 2.05) is 19.3 Å². The number of aliphatic hydroxyl groups excluding tert-OH is 1. The van der Waals surface area contributed by atoms with Gasteiger partial charge in [-0.3, -0.25) is 0 Å². The molecule has 24 heavy (non-hydrogen) atoms. The van der Waals surface area contributed by atoms with E-state index >= 15 is 0 Å². The summed E-state index contributed by atoms with van der Waals surface area (Å²) in [5.41, 5.74) is 0.993. The van der Waals surface area contributed by atoms with Gasteiger partial charge in [-0.25, -0.2) is 17.9 Å². The minimum absolute atomic E-state index is 0.0449. The zero-order valence-electron chi connectivity index (χ0n) is 13.5. The number of sulfonamides is 1. The van der Waals surface area contributed by atoms with Crippen LogP contribution in [0.15, 0.2) is 47.5 Å². The normalized spacial score (nSPS) is 12.8. The molecule has 0 aliphatic rings. The van der Waals surface area contributed by atoms with Gasteiger partial charge >= 0.3 is 5.97 Å². The van der Waals surface area contributed by atoms with Crippen molar-refractivity contribution in [3.63, 3.8) is 0 Å². The molecule has 1 heterocycles. The van der Waals surface area contributed by atoms with Gasteiger partial charge < -0.3 is 14.4 Å². The van der Waals surface area contributed by atoms with Crippen LogP contribution in [-0.2, 0) is 21.8 Å². The van der Waals surface area contributed by atoms with Gasteiger partial charge in [0.25, 0.3) is 0 Å². The Labute approximate surface area is 140 Å². The third kappa shape index (κ3) is 4.22. The molecule has 1 aromatic carbocycles. The molecule has 0 fully saturated rings. The molecule has 1 aromatic heterocycles. The van der Waals surface area contributed by atoms with Gasteiger partial charge in [0.2, 0.25) is 10.0 Å². The summed E-state index contributed by atoms with van der Waals surface area (Å²) in [5, 5.41) is 10.1. The number of nitrogens with zero attached hydrogens (tertiary/aromatic N) is 1. The van der Waals surface area contributed by atoms with Crippen molar-refractivity contribution in [2.24, 2.45) is 7.05 Å². The lowest BCUT2D eigenvalue weighted by atomic mass is 10.2. The average Bonchev–Trinajstić information content (AvgIpc) is 3.00. The maximum atomic E-state index is 12.2. The smallest absolute Gasteiger partial charge is 0.337 e. The second-order valence-corrected chi connectivity index (χ2v) is 7.03. The first-order valence-corrected chi connectivity index (χ1v) is 8.81. The Balaban J connectivity index is 1.96. The van der Waals surface area contributed by atoms with Crippen LogP contribution < -0.4 is 4.72 Å². The standard InChI is InChI=1S/C16H20N2O5S/c1-18-11-3-4-14(18)15(19)9-10-17-24(21,22)13-7-5-12(6-8-13)16(20)23-2/h3-8,11,15,17,19H,9-10H2,1-2H3. The summed E-state index contributed by atoms with van der Waals surface area (Å²) >= 11 is 0. The van der Waals surface area contributed by atoms with Crippen molar-refractivity contribution >= 4 is 16.0 Å². The Kier molecular flexibility index (Phi) is 5.76. The van der Waals surface area contributed by atoms with Crippen LogP contribution in [0.25, 0.3) is 0 Å². The molecule has 0 amide bonds. The average molecular weight is 352 g/mol. The Morgan fingerprint density at radius 2 is 1.96 bits per heavy atom. The fourth-order valence-corrected chi connectivity index (χ4v) is 3.32. The van der Waals surface area contributed by atoms with E-state index in [-0.39, 0.29) is 23.4 Å². The van der Waals surface area contributed by atoms with Gasteiger partial charge in [0, 0.05) is 25.5 Å². The van der Waals surface area contributed by atoms with E-state index in [4.69, 9.17) is 0 Å². The van der Waals surface area contributed by atoms with E-state index < -0.39 is 22.1 Å². The highest BCUT2D eigenvalue weighted by Crippen LogP contribution is 2.16. The summed E-state index contributed by atoms with van der Waals surface area (Å²) < 4.78 is 33.2. The molecule has 0 saturated heterocycles. The topological polar surface area (TPSA) is 97.6 Å². The second-order valence-electron chi connectivity index (χ2n) is 5.26. The van der Waals surface area contributed by atoms with Crippen LogP contribution in [0.4, 0.5) is 0 Å². The highest BCUT2D eigenvalue weighted by atomic mass is 32.2. The van der Waals surface area contributed by atoms with Gasteiger partial charge in [-0.2, -0.15) is 0 Å². The van der Waals surface area contributed by atoms with Gasteiger partial charge in [0.05, 0.1) is 23.7 Å². The number of methoxy groups -OCH3 is 1. The fourth-order valence-electron chi connectivity index (χ4n) is 2.27. The molecule has 1 unspecified atom stereocenters. The van der Waals surface area contributed by atoms with Crippen LogP contribution in [0, 0.1) is 0 Å². The molecule has 0 aliphatic heterocycles. The van der Waals surface area contributed by atoms with E-state index in [1.165, 1.54) is 31.4 Å². The van der Waals surface area contributed by atoms with Crippen LogP contribution in [-0.4, -0.2) is 37.7 Å². The van der Waals surface area contributed by atoms with Crippen LogP contribution in [0.3, 0.4) is 0 Å². The van der Waals surface area contributed by atoms with E-state index in [0.717, 1.165) is 5.69 Å². The SMILES string of the molecule is COC(=O)c1ccc(S(=O)(=O)NCCC(O)c2cccn2C)cc1. The number of hydrogen-bond acceptors (Lipinski definition) is 5. The molecule has 2 aromatic rings. The third-order valence-corrected chi connectivity index (χ3v) is 5.10. The van der Waals surface area contributed by atoms with E-state index in [0.29, 0.717) is 0 Å². The van der Waals surface area contributed by atoms with Crippen molar-refractivity contribution in [3.05, 3.63) is 53.9 Å². The number of aliphatic hydroxyl groups is 1. The van der Waals surface area contributed by atoms with Gasteiger partial charge in [-0.15, -0.1) is 0 Å². The van der Waals surface area contributed by atoms with E-state index in [2.05, 4.69) is 9.46 Å². The van der Waals surface area contributed by atoms with Gasteiger partial charge in [0.1, 0.15) is 0 Å². The molecule has 0 aliphatic carbocycles. The number of benzene rings is 1. The molecule has 0 bridgehead atoms. The molecule has 0 spiro atoms. The quantitative estimate of drug-likeness (QED) is 0.730. The molecule has 0 saturated carbocycles. The monoisotopic (exact) mass is 352 g/mol. The number of hydrogen-bond donors (Lipinski definition) is 2. The minimum atomic E-state index is -3.70. The van der Waals surface area contributed by atoms with Crippen LogP contribution in [0.1, 0.15) is 28.6 Å². The first-order valence-electron chi connectivity index (χ1n) is 7.32. The number of aryl methyl sites for hydroxylation is 1. The summed E-state index contributed by atoms with van der Waals surface area (Å²) in [4.78, 5) is 11.4. The predicted octanol–water partition coefficient (Wildman–Crippen LogP) is 1.21. The highest BCUT2D eigenvalue weighted by Gasteiger charge is 2.16. The minimum Gasteiger partial charge on any atom is -0.465 e. The molecule has 7 nitrogen and oxygen atoms in total. The summed E-state index contributed by atoms with van der Waals surface area (Å²) in [6.07, 6.45) is 1.30. The lowest BCUT2D eigenvalue weighted by Crippen LogP contribution is -2.26. The number of carbonyl (C=O) groups excluding carboxylic acids is 1. The van der Waals surface area contributed by atoms with Crippen LogP contribution in [0.2, 0.25) is 0 Å². The van der Waals surface area contributed by atoms with Crippen molar-refractivity contribution in [1.29, 1.82) is 0 Å². The number of aromatic nitrogens is 1. The van der Waals surface area contributed by atoms with E-state index in [1.54, 1.807) is 10.6 Å². The predicted molar refractivity (Wildman–Crippen MR) is 88.0 cm³/mol. The van der Waals surface area contributed by atoms with Crippen molar-refractivity contribution in [2.45, 2.75) is 17.4 Å². The molecular formula is C16H20N2O5S. The lowest BCUT2D eigenvalue weighted by molar-refractivity contribution is 0.0600. The summed E-state index contributed by atoms with van der Waals surface area (Å²) in [7, 11) is -0.636. The number of nitrogens with one attached hydrogen (secondary N) is 1. The number of rotatable bonds is 7. The molecule has 8 heteroatoms. The van der Waals surface area contributed by atoms with Gasteiger partial charge in [-0.1, -0.05) is 0 Å². The largest absolute Gasteiger partial charge is 0.465 e. The maximum Gasteiger partial charge on any atom is 0.337 e. The first kappa shape index (κ1) is 18.2. The van der Waals surface area contributed by atoms with Gasteiger partial charge in [0.15, 0.2) is 0 Å². The van der Waals surface area contributed by atoms with Crippen LogP contribution in [0.5, 0.6) is 0 Å². The molecule has 130 valence electrons. The molecule has 0 radical (unpaired) electrons. The Hall–Kier alpha value is -2.16. The molecule has 2 rings (SSSR count). The van der Waals surface area contributed by atoms with E-state index in [9.17, 15) is 18.3 Å². The van der Waals surface area contributed by atoms with Crippen molar-refractivity contribution < 1.29 is 23.1 Å². The molecular weight excluding hydrogens is 332 g/mol. The number of ether oxygens (including phenoxy) is 1. The Morgan fingerprint density at radius 1 is 1.29 bits per heavy atom. The van der Waals surface area contributed by atoms with Crippen LogP contribution >= 0.6 is 0 Å². The van der Waals surface area contributed by atoms with Crippen molar-refractivity contribution in [3.8, 4) is 0 Å². The Morgan fingerprint density at radius 3 is 2.50 bits per heavy atom. The molecule has 2 N–H and O–H groups in total. The summed E-state index contributed by atoms with van der Waals surface area (Å²) in [6, 6.07) is 9.04. The van der Waals surface area contributed by atoms with Crippen molar-refractivity contribution in [1.82, 2.24) is 9.29 Å². The van der Waals surface area contributed by atoms with Crippen molar-refractivity contribution in [2.75, 3.05) is 13.7 Å². The summed E-state index contributed by atoms with van der Waals surface area (Å²) in [6.45, 7) is 0.0907. The zero-order valence-corrected chi connectivity index (χ0v) is 14.3. The Bertz CT molecular complexity index is 796. The lowest BCUT2D eigenvalue weighted by Gasteiger charge is -2.13. The fraction of sp³-hybridized carbons (Fsp3) is 0.312. The maximum absolute atomic E-state index is 12.2. The highest BCUT2D eigenvalue weighted by molar-refractivity contribution is 7.89. The molecule has 1 atom stereocenters. The third-order valence-electron chi connectivity index (χ3n) is 3.62. The number of esters is 1. The zero-order chi connectivity index (χ0) is 17.7. The van der Waals surface area contributed by atoms with Gasteiger partial charge in [-0.05, 0) is 42.8 Å². The second kappa shape index (κ2) is 7.61.